The van der Waals surface area contributed by atoms with E-state index in [0.29, 0.717) is 16.5 Å². The van der Waals surface area contributed by atoms with Crippen LogP contribution in [0.2, 0.25) is 5.02 Å². The van der Waals surface area contributed by atoms with Crippen LogP contribution >= 0.6 is 11.6 Å². The Kier molecular flexibility index (Phi) is 6.00. The van der Waals surface area contributed by atoms with Crippen LogP contribution in [0.5, 0.6) is 5.75 Å². The molecule has 5 rings (SSSR count). The van der Waals surface area contributed by atoms with Crippen LogP contribution in [-0.4, -0.2) is 27.0 Å². The first kappa shape index (κ1) is 22.7. The van der Waals surface area contributed by atoms with E-state index in [1.165, 1.54) is 39.7 Å². The van der Waals surface area contributed by atoms with Gasteiger partial charge in [0.15, 0.2) is 6.10 Å². The highest BCUT2D eigenvalue weighted by Gasteiger charge is 2.37. The average Bonchev–Trinajstić information content (AvgIpc) is 3.31. The molecule has 3 aromatic rings. The molecule has 1 aliphatic heterocycles. The molecule has 6 nitrogen and oxygen atoms in total. The third-order valence-electron chi connectivity index (χ3n) is 6.41. The smallest absolute Gasteiger partial charge is 0.264 e. The van der Waals surface area contributed by atoms with Crippen LogP contribution in [0.1, 0.15) is 36.1 Å². The van der Waals surface area contributed by atoms with Crippen molar-refractivity contribution >= 4 is 33.2 Å². The number of halogens is 1. The minimum Gasteiger partial charge on any atom is -0.476 e. The fourth-order valence-corrected chi connectivity index (χ4v) is 6.15. The second kappa shape index (κ2) is 8.96. The van der Waals surface area contributed by atoms with Crippen molar-refractivity contribution in [2.45, 2.75) is 43.2 Å². The van der Waals surface area contributed by atoms with Crippen LogP contribution in [0.3, 0.4) is 0 Å². The number of fused-ring (bicyclic) bond motifs is 2. The topological polar surface area (TPSA) is 75.7 Å². The molecule has 1 amide bonds. The number of anilines is 1. The van der Waals surface area contributed by atoms with Crippen LogP contribution in [0.15, 0.2) is 71.6 Å². The van der Waals surface area contributed by atoms with Crippen LogP contribution < -0.4 is 14.4 Å². The molecule has 0 bridgehead atoms. The molecule has 2 atom stereocenters. The van der Waals surface area contributed by atoms with Gasteiger partial charge >= 0.3 is 0 Å². The minimum atomic E-state index is -3.93. The first-order valence-electron chi connectivity index (χ1n) is 11.3. The van der Waals surface area contributed by atoms with Crippen molar-refractivity contribution in [1.29, 1.82) is 0 Å². The fraction of sp³-hybridized carbons (Fsp3) is 0.269. The number of nitrogens with one attached hydrogen (secondary N) is 1. The Morgan fingerprint density at radius 2 is 1.79 bits per heavy atom. The molecule has 0 aromatic heterocycles. The highest BCUT2D eigenvalue weighted by molar-refractivity contribution is 7.92. The summed E-state index contributed by atoms with van der Waals surface area (Å²) in [6.07, 6.45) is 2.33. The van der Waals surface area contributed by atoms with Gasteiger partial charge in [0, 0.05) is 5.02 Å². The molecule has 2 aliphatic rings. The first-order chi connectivity index (χ1) is 16.3. The van der Waals surface area contributed by atoms with Gasteiger partial charge in [0.25, 0.3) is 15.9 Å². The van der Waals surface area contributed by atoms with E-state index in [1.54, 1.807) is 24.3 Å². The number of rotatable bonds is 5. The van der Waals surface area contributed by atoms with Gasteiger partial charge in [0.1, 0.15) is 5.75 Å². The normalized spacial score (nSPS) is 17.9. The van der Waals surface area contributed by atoms with Gasteiger partial charge in [-0.3, -0.25) is 9.10 Å². The van der Waals surface area contributed by atoms with Crippen molar-refractivity contribution in [3.05, 3.63) is 88.4 Å². The number of nitrogens with zero attached hydrogens (tertiary/aromatic N) is 1. The second-order valence-electron chi connectivity index (χ2n) is 8.68. The lowest BCUT2D eigenvalue weighted by Crippen LogP contribution is -2.51. The number of hydrogen-bond acceptors (Lipinski definition) is 4. The van der Waals surface area contributed by atoms with Crippen LogP contribution in [-0.2, 0) is 27.7 Å². The Hall–Kier alpha value is -3.03. The minimum absolute atomic E-state index is 0.0965. The quantitative estimate of drug-likeness (QED) is 0.557. The van der Waals surface area contributed by atoms with E-state index in [2.05, 4.69) is 17.4 Å². The number of carbonyl (C=O) groups is 1. The Labute approximate surface area is 204 Å². The third kappa shape index (κ3) is 4.26. The zero-order valence-electron chi connectivity index (χ0n) is 18.7. The maximum Gasteiger partial charge on any atom is 0.264 e. The van der Waals surface area contributed by atoms with Gasteiger partial charge in [-0.05, 0) is 79.3 Å². The number of para-hydroxylation sites is 2. The Balaban J connectivity index is 1.40. The molecular weight excluding hydrogens is 472 g/mol. The number of hydrogen-bond donors (Lipinski definition) is 1. The molecule has 34 heavy (non-hydrogen) atoms. The largest absolute Gasteiger partial charge is 0.476 e. The average molecular weight is 497 g/mol. The Morgan fingerprint density at radius 1 is 1.06 bits per heavy atom. The second-order valence-corrected chi connectivity index (χ2v) is 11.0. The molecule has 1 aliphatic carbocycles. The standard InChI is InChI=1S/C26H25ClN2O4S/c1-17(19-10-9-18-5-4-6-20(18)15-19)28-26(30)25-16-29(23-7-2-3-8-24(23)33-25)34(31,32)22-13-11-21(27)12-14-22/h2-3,7-15,17,25H,4-6,16H2,1H3,(H,28,30)/t17-,25-/m1/s1. The van der Waals surface area contributed by atoms with E-state index in [4.69, 9.17) is 16.3 Å². The van der Waals surface area contributed by atoms with E-state index < -0.39 is 16.1 Å². The summed E-state index contributed by atoms with van der Waals surface area (Å²) in [5, 5.41) is 3.45. The van der Waals surface area contributed by atoms with E-state index in [1.807, 2.05) is 13.0 Å². The van der Waals surface area contributed by atoms with Crippen LogP contribution in [0.4, 0.5) is 5.69 Å². The van der Waals surface area contributed by atoms with Gasteiger partial charge in [-0.1, -0.05) is 41.9 Å². The monoisotopic (exact) mass is 496 g/mol. The van der Waals surface area contributed by atoms with Crippen molar-refractivity contribution in [1.82, 2.24) is 5.32 Å². The Bertz CT molecular complexity index is 1340. The predicted molar refractivity (Wildman–Crippen MR) is 132 cm³/mol. The summed E-state index contributed by atoms with van der Waals surface area (Å²) in [5.41, 5.74) is 4.13. The molecule has 0 saturated heterocycles. The molecular formula is C26H25ClN2O4S. The molecule has 1 heterocycles. The van der Waals surface area contributed by atoms with E-state index in [9.17, 15) is 13.2 Å². The predicted octanol–water partition coefficient (Wildman–Crippen LogP) is 4.66. The van der Waals surface area contributed by atoms with E-state index in [-0.39, 0.29) is 23.4 Å². The van der Waals surface area contributed by atoms with Crippen LogP contribution in [0, 0.1) is 0 Å². The zero-order valence-corrected chi connectivity index (χ0v) is 20.3. The molecule has 0 fully saturated rings. The molecule has 0 unspecified atom stereocenters. The van der Waals surface area contributed by atoms with Crippen molar-refractivity contribution in [2.24, 2.45) is 0 Å². The number of ether oxygens (including phenoxy) is 1. The van der Waals surface area contributed by atoms with Gasteiger partial charge in [0.2, 0.25) is 0 Å². The summed E-state index contributed by atoms with van der Waals surface area (Å²) in [4.78, 5) is 13.3. The SMILES string of the molecule is C[C@@H](NC(=O)[C@H]1CN(S(=O)(=O)c2ccc(Cl)cc2)c2ccccc2O1)c1ccc2c(c1)CCC2. The van der Waals surface area contributed by atoms with E-state index >= 15 is 0 Å². The van der Waals surface area contributed by atoms with Gasteiger partial charge in [-0.2, -0.15) is 0 Å². The van der Waals surface area contributed by atoms with Crippen molar-refractivity contribution in [3.63, 3.8) is 0 Å². The first-order valence-corrected chi connectivity index (χ1v) is 13.1. The Morgan fingerprint density at radius 3 is 2.59 bits per heavy atom. The highest BCUT2D eigenvalue weighted by Crippen LogP contribution is 2.37. The van der Waals surface area contributed by atoms with Crippen LogP contribution in [0.25, 0.3) is 0 Å². The van der Waals surface area contributed by atoms with Crippen molar-refractivity contribution in [2.75, 3.05) is 10.8 Å². The highest BCUT2D eigenvalue weighted by atomic mass is 35.5. The molecule has 1 N–H and O–H groups in total. The fourth-order valence-electron chi connectivity index (χ4n) is 4.55. The lowest BCUT2D eigenvalue weighted by molar-refractivity contribution is -0.128. The summed E-state index contributed by atoms with van der Waals surface area (Å²) in [7, 11) is -3.93. The lowest BCUT2D eigenvalue weighted by Gasteiger charge is -2.35. The zero-order chi connectivity index (χ0) is 23.9. The lowest BCUT2D eigenvalue weighted by atomic mass is 10.0. The van der Waals surface area contributed by atoms with Crippen molar-refractivity contribution < 1.29 is 17.9 Å². The summed E-state index contributed by atoms with van der Waals surface area (Å²) in [6, 6.07) is 18.9. The number of amides is 1. The third-order valence-corrected chi connectivity index (χ3v) is 8.46. The summed E-state index contributed by atoms with van der Waals surface area (Å²) in [5.74, 6) is -0.0181. The maximum absolute atomic E-state index is 13.5. The number of benzene rings is 3. The van der Waals surface area contributed by atoms with Gasteiger partial charge in [-0.15, -0.1) is 0 Å². The van der Waals surface area contributed by atoms with Crippen molar-refractivity contribution in [3.8, 4) is 5.75 Å². The van der Waals surface area contributed by atoms with Gasteiger partial charge < -0.3 is 10.1 Å². The summed E-state index contributed by atoms with van der Waals surface area (Å²) < 4.78 is 34.1. The van der Waals surface area contributed by atoms with Gasteiger partial charge in [0.05, 0.1) is 23.2 Å². The molecule has 176 valence electrons. The van der Waals surface area contributed by atoms with E-state index in [0.717, 1.165) is 24.8 Å². The summed E-state index contributed by atoms with van der Waals surface area (Å²) in [6.45, 7) is 1.79. The molecule has 0 saturated carbocycles. The molecule has 0 radical (unpaired) electrons. The summed E-state index contributed by atoms with van der Waals surface area (Å²) >= 11 is 5.94. The van der Waals surface area contributed by atoms with Gasteiger partial charge in [-0.25, -0.2) is 8.42 Å². The number of aryl methyl sites for hydroxylation is 2. The number of sulfonamides is 1. The molecule has 3 aromatic carbocycles. The molecule has 8 heteroatoms. The number of carbonyl (C=O) groups excluding carboxylic acids is 1. The maximum atomic E-state index is 13.5. The molecule has 0 spiro atoms.